The number of benzene rings is 1. The Kier molecular flexibility index (Phi) is 3.56. The minimum Gasteiger partial charge on any atom is -0.497 e. The van der Waals surface area contributed by atoms with Crippen molar-refractivity contribution in [2.75, 3.05) is 18.1 Å². The number of sulfonamides is 1. The number of rotatable bonds is 3. The molecule has 0 aliphatic rings. The smallest absolute Gasteiger partial charge is 0.418 e. The highest BCUT2D eigenvalue weighted by molar-refractivity contribution is 7.92. The van der Waals surface area contributed by atoms with E-state index in [0.717, 1.165) is 18.4 Å². The molecule has 0 bridgehead atoms. The van der Waals surface area contributed by atoms with Crippen LogP contribution >= 0.6 is 0 Å². The van der Waals surface area contributed by atoms with Gasteiger partial charge < -0.3 is 4.74 Å². The van der Waals surface area contributed by atoms with Gasteiger partial charge in [0.25, 0.3) is 0 Å². The minimum atomic E-state index is -4.67. The highest BCUT2D eigenvalue weighted by Crippen LogP contribution is 2.37. The minimum absolute atomic E-state index is 0.00336. The van der Waals surface area contributed by atoms with E-state index in [2.05, 4.69) is 4.74 Å². The highest BCUT2D eigenvalue weighted by Gasteiger charge is 2.34. The fourth-order valence-corrected chi connectivity index (χ4v) is 1.75. The van der Waals surface area contributed by atoms with E-state index in [1.54, 1.807) is 4.72 Å². The van der Waals surface area contributed by atoms with Crippen molar-refractivity contribution >= 4 is 15.7 Å². The lowest BCUT2D eigenvalue weighted by atomic mass is 10.1. The van der Waals surface area contributed by atoms with Gasteiger partial charge in [0.05, 0.1) is 24.6 Å². The molecule has 1 rings (SSSR count). The van der Waals surface area contributed by atoms with Crippen LogP contribution in [0.25, 0.3) is 0 Å². The summed E-state index contributed by atoms with van der Waals surface area (Å²) in [6.45, 7) is 0. The van der Waals surface area contributed by atoms with Crippen LogP contribution in [0.15, 0.2) is 18.2 Å². The Morgan fingerprint density at radius 2 is 1.88 bits per heavy atom. The fourth-order valence-electron chi connectivity index (χ4n) is 1.17. The van der Waals surface area contributed by atoms with Crippen LogP contribution in [0.1, 0.15) is 5.56 Å². The summed E-state index contributed by atoms with van der Waals surface area (Å²) >= 11 is 0. The first-order valence-corrected chi connectivity index (χ1v) is 6.25. The average Bonchev–Trinajstić information content (AvgIpc) is 2.14. The molecule has 1 N–H and O–H groups in total. The van der Waals surface area contributed by atoms with Gasteiger partial charge in [-0.2, -0.15) is 13.2 Å². The maximum atomic E-state index is 12.6. The van der Waals surface area contributed by atoms with E-state index in [9.17, 15) is 21.6 Å². The maximum absolute atomic E-state index is 12.6. The number of nitrogens with one attached hydrogen (secondary N) is 1. The van der Waals surface area contributed by atoms with Gasteiger partial charge in [-0.1, -0.05) is 0 Å². The second kappa shape index (κ2) is 4.44. The molecule has 0 saturated carbocycles. The van der Waals surface area contributed by atoms with E-state index in [-0.39, 0.29) is 5.75 Å². The second-order valence-corrected chi connectivity index (χ2v) is 5.03. The molecule has 0 heterocycles. The monoisotopic (exact) mass is 269 g/mol. The largest absolute Gasteiger partial charge is 0.497 e. The van der Waals surface area contributed by atoms with E-state index in [0.29, 0.717) is 0 Å². The number of methoxy groups -OCH3 is 1. The molecule has 0 aromatic heterocycles. The third-order valence-corrected chi connectivity index (χ3v) is 2.42. The Hall–Kier alpha value is -1.44. The van der Waals surface area contributed by atoms with Crippen molar-refractivity contribution in [1.29, 1.82) is 0 Å². The van der Waals surface area contributed by atoms with E-state index in [4.69, 9.17) is 0 Å². The third kappa shape index (κ3) is 3.81. The Morgan fingerprint density at radius 1 is 1.29 bits per heavy atom. The summed E-state index contributed by atoms with van der Waals surface area (Å²) in [6, 6.07) is 2.97. The predicted molar refractivity (Wildman–Crippen MR) is 56.5 cm³/mol. The molecule has 1 aromatic rings. The van der Waals surface area contributed by atoms with E-state index in [1.165, 1.54) is 13.2 Å². The van der Waals surface area contributed by atoms with Gasteiger partial charge in [-0.05, 0) is 18.2 Å². The number of hydrogen-bond acceptors (Lipinski definition) is 3. The van der Waals surface area contributed by atoms with Gasteiger partial charge >= 0.3 is 6.18 Å². The topological polar surface area (TPSA) is 55.4 Å². The normalized spacial score (nSPS) is 12.3. The van der Waals surface area contributed by atoms with Crippen LogP contribution in [0.5, 0.6) is 5.75 Å². The molecule has 8 heteroatoms. The second-order valence-electron chi connectivity index (χ2n) is 3.28. The Morgan fingerprint density at radius 3 is 2.29 bits per heavy atom. The van der Waals surface area contributed by atoms with Crippen LogP contribution in [-0.2, 0) is 16.2 Å². The van der Waals surface area contributed by atoms with Crippen LogP contribution in [0.4, 0.5) is 18.9 Å². The van der Waals surface area contributed by atoms with Crippen LogP contribution in [0.2, 0.25) is 0 Å². The van der Waals surface area contributed by atoms with Crippen molar-refractivity contribution < 1.29 is 26.3 Å². The van der Waals surface area contributed by atoms with Gasteiger partial charge in [-0.3, -0.25) is 4.72 Å². The molecular weight excluding hydrogens is 259 g/mol. The molecule has 0 saturated heterocycles. The van der Waals surface area contributed by atoms with Crippen molar-refractivity contribution in [1.82, 2.24) is 0 Å². The summed E-state index contributed by atoms with van der Waals surface area (Å²) < 4.78 is 66.3. The molecule has 96 valence electrons. The summed E-state index contributed by atoms with van der Waals surface area (Å²) in [5, 5.41) is 0. The Balaban J connectivity index is 3.30. The molecule has 17 heavy (non-hydrogen) atoms. The summed E-state index contributed by atoms with van der Waals surface area (Å²) in [4.78, 5) is 0. The molecule has 0 spiro atoms. The van der Waals surface area contributed by atoms with Crippen LogP contribution in [-0.4, -0.2) is 21.8 Å². The zero-order valence-corrected chi connectivity index (χ0v) is 9.82. The first kappa shape index (κ1) is 13.6. The number of halogens is 3. The number of alkyl halides is 3. The van der Waals surface area contributed by atoms with E-state index in [1.807, 2.05) is 0 Å². The van der Waals surface area contributed by atoms with E-state index >= 15 is 0 Å². The van der Waals surface area contributed by atoms with Crippen LogP contribution < -0.4 is 9.46 Å². The maximum Gasteiger partial charge on any atom is 0.418 e. The average molecular weight is 269 g/mol. The number of anilines is 1. The Bertz CT molecular complexity index is 511. The van der Waals surface area contributed by atoms with Gasteiger partial charge in [-0.15, -0.1) is 0 Å². The first-order chi connectivity index (χ1) is 7.63. The molecule has 0 fully saturated rings. The van der Waals surface area contributed by atoms with Gasteiger partial charge in [0.1, 0.15) is 5.75 Å². The van der Waals surface area contributed by atoms with Gasteiger partial charge in [0, 0.05) is 0 Å². The standard InChI is InChI=1S/C9H10F3NO3S/c1-16-6-3-4-8(13-17(2,14)15)7(5-6)9(10,11)12/h3-5,13H,1-2H3. The summed E-state index contributed by atoms with van der Waals surface area (Å²) in [5.74, 6) is -0.00336. The van der Waals surface area contributed by atoms with Crippen LogP contribution in [0, 0.1) is 0 Å². The number of ether oxygens (including phenoxy) is 1. The molecule has 1 aromatic carbocycles. The third-order valence-electron chi connectivity index (χ3n) is 1.83. The Labute approximate surface area is 96.4 Å². The number of hydrogen-bond donors (Lipinski definition) is 1. The lowest BCUT2D eigenvalue weighted by Gasteiger charge is -2.14. The molecule has 0 radical (unpaired) electrons. The van der Waals surface area contributed by atoms with Crippen molar-refractivity contribution in [2.24, 2.45) is 0 Å². The van der Waals surface area contributed by atoms with Crippen LogP contribution in [0.3, 0.4) is 0 Å². The zero-order valence-electron chi connectivity index (χ0n) is 9.00. The fraction of sp³-hybridized carbons (Fsp3) is 0.333. The van der Waals surface area contributed by atoms with E-state index < -0.39 is 27.5 Å². The molecular formula is C9H10F3NO3S. The molecule has 0 atom stereocenters. The van der Waals surface area contributed by atoms with Crippen molar-refractivity contribution in [2.45, 2.75) is 6.18 Å². The van der Waals surface area contributed by atoms with Gasteiger partial charge in [0.2, 0.25) is 10.0 Å². The molecule has 0 aliphatic carbocycles. The first-order valence-electron chi connectivity index (χ1n) is 4.36. The summed E-state index contributed by atoms with van der Waals surface area (Å²) in [6.07, 6.45) is -3.89. The van der Waals surface area contributed by atoms with Crippen molar-refractivity contribution in [3.8, 4) is 5.75 Å². The highest BCUT2D eigenvalue weighted by atomic mass is 32.2. The molecule has 0 aliphatic heterocycles. The predicted octanol–water partition coefficient (Wildman–Crippen LogP) is 2.09. The van der Waals surface area contributed by atoms with Crippen molar-refractivity contribution in [3.63, 3.8) is 0 Å². The molecule has 4 nitrogen and oxygen atoms in total. The summed E-state index contributed by atoms with van der Waals surface area (Å²) in [5.41, 5.74) is -1.62. The SMILES string of the molecule is COc1ccc(NS(C)(=O)=O)c(C(F)(F)F)c1. The lowest BCUT2D eigenvalue weighted by molar-refractivity contribution is -0.137. The van der Waals surface area contributed by atoms with Gasteiger partial charge in [-0.25, -0.2) is 8.42 Å². The van der Waals surface area contributed by atoms with Crippen molar-refractivity contribution in [3.05, 3.63) is 23.8 Å². The summed E-state index contributed by atoms with van der Waals surface area (Å²) in [7, 11) is -2.55. The zero-order chi connectivity index (χ0) is 13.3. The molecule has 0 amide bonds. The molecule has 0 unspecified atom stereocenters. The lowest BCUT2D eigenvalue weighted by Crippen LogP contribution is -2.15. The van der Waals surface area contributed by atoms with Gasteiger partial charge in [0.15, 0.2) is 0 Å². The quantitative estimate of drug-likeness (QED) is 0.914.